The molecule has 1 saturated carbocycles. The molecule has 96 valence electrons. The molecule has 1 aliphatic rings. The topological polar surface area (TPSA) is 60.0 Å². The molecule has 0 aliphatic heterocycles. The first-order chi connectivity index (χ1) is 7.99. The molecule has 0 amide bonds. The van der Waals surface area contributed by atoms with E-state index in [2.05, 4.69) is 45.2 Å². The lowest BCUT2D eigenvalue weighted by Crippen LogP contribution is -2.50. The van der Waals surface area contributed by atoms with Crippen molar-refractivity contribution in [2.45, 2.75) is 37.3 Å². The Morgan fingerprint density at radius 2 is 2.00 bits per heavy atom. The second kappa shape index (κ2) is 4.66. The highest BCUT2D eigenvalue weighted by atomic mass is 79.9. The number of hydrogen-bond acceptors (Lipinski definition) is 4. The number of nitrogens with zero attached hydrogens (tertiary/aromatic N) is 4. The van der Waals surface area contributed by atoms with Crippen LogP contribution in [0.3, 0.4) is 0 Å². The molecule has 5 nitrogen and oxygen atoms in total. The first-order valence-corrected chi connectivity index (χ1v) is 6.76. The monoisotopic (exact) mass is 301 g/mol. The van der Waals surface area contributed by atoms with E-state index in [0.717, 1.165) is 23.1 Å². The molecule has 17 heavy (non-hydrogen) atoms. The molecule has 2 N–H and O–H groups in total. The molecule has 0 radical (unpaired) electrons. The van der Waals surface area contributed by atoms with Crippen LogP contribution in [0.5, 0.6) is 0 Å². The summed E-state index contributed by atoms with van der Waals surface area (Å²) in [5.41, 5.74) is 7.54. The lowest BCUT2D eigenvalue weighted by atomic mass is 9.85. The Morgan fingerprint density at radius 3 is 2.41 bits per heavy atom. The van der Waals surface area contributed by atoms with Crippen molar-refractivity contribution >= 4 is 15.9 Å². The maximum absolute atomic E-state index is 6.51. The van der Waals surface area contributed by atoms with Crippen molar-refractivity contribution in [2.24, 2.45) is 12.8 Å². The van der Waals surface area contributed by atoms with Gasteiger partial charge in [0.15, 0.2) is 4.60 Å². The highest BCUT2D eigenvalue weighted by Gasteiger charge is 2.44. The van der Waals surface area contributed by atoms with E-state index < -0.39 is 0 Å². The third-order valence-corrected chi connectivity index (χ3v) is 4.63. The van der Waals surface area contributed by atoms with Gasteiger partial charge in [0, 0.05) is 12.6 Å². The van der Waals surface area contributed by atoms with E-state index in [9.17, 15) is 0 Å². The number of aryl methyl sites for hydroxylation is 1. The molecule has 1 aromatic rings. The summed E-state index contributed by atoms with van der Waals surface area (Å²) < 4.78 is 2.54. The van der Waals surface area contributed by atoms with Crippen LogP contribution in [0.15, 0.2) is 4.60 Å². The molecule has 0 bridgehead atoms. The second-order valence-electron chi connectivity index (χ2n) is 5.07. The highest BCUT2D eigenvalue weighted by Crippen LogP contribution is 2.43. The maximum atomic E-state index is 6.51. The van der Waals surface area contributed by atoms with E-state index in [1.54, 1.807) is 4.68 Å². The van der Waals surface area contributed by atoms with Gasteiger partial charge in [-0.15, -0.1) is 5.10 Å². The smallest absolute Gasteiger partial charge is 0.153 e. The van der Waals surface area contributed by atoms with Crippen LogP contribution in [0, 0.1) is 0 Å². The van der Waals surface area contributed by atoms with Gasteiger partial charge in [0.1, 0.15) is 0 Å². The molecule has 1 unspecified atom stereocenters. The van der Waals surface area contributed by atoms with Crippen molar-refractivity contribution in [3.63, 3.8) is 0 Å². The summed E-state index contributed by atoms with van der Waals surface area (Å²) in [6.07, 6.45) is 4.77. The van der Waals surface area contributed by atoms with Crippen molar-refractivity contribution in [2.75, 3.05) is 14.1 Å². The van der Waals surface area contributed by atoms with E-state index in [0.29, 0.717) is 0 Å². The van der Waals surface area contributed by atoms with Crippen molar-refractivity contribution in [1.82, 2.24) is 19.9 Å². The average Bonchev–Trinajstić information content (AvgIpc) is 2.86. The van der Waals surface area contributed by atoms with Gasteiger partial charge < -0.3 is 10.6 Å². The van der Waals surface area contributed by atoms with Crippen molar-refractivity contribution < 1.29 is 0 Å². The molecule has 6 heteroatoms. The van der Waals surface area contributed by atoms with Crippen molar-refractivity contribution in [1.29, 1.82) is 0 Å². The zero-order valence-electron chi connectivity index (χ0n) is 10.6. The van der Waals surface area contributed by atoms with Gasteiger partial charge in [-0.3, -0.25) is 0 Å². The van der Waals surface area contributed by atoms with Crippen LogP contribution in [0.1, 0.15) is 37.4 Å². The predicted molar refractivity (Wildman–Crippen MR) is 70.5 cm³/mol. The first kappa shape index (κ1) is 13.0. The zero-order valence-corrected chi connectivity index (χ0v) is 12.2. The van der Waals surface area contributed by atoms with Gasteiger partial charge in [0.25, 0.3) is 0 Å². The Labute approximate surface area is 110 Å². The minimum Gasteiger partial charge on any atom is -0.321 e. The summed E-state index contributed by atoms with van der Waals surface area (Å²) in [4.78, 5) is 2.27. The summed E-state index contributed by atoms with van der Waals surface area (Å²) >= 11 is 3.45. The van der Waals surface area contributed by atoms with E-state index in [-0.39, 0.29) is 11.6 Å². The lowest BCUT2D eigenvalue weighted by molar-refractivity contribution is 0.119. The summed E-state index contributed by atoms with van der Waals surface area (Å²) in [6.45, 7) is 0. The van der Waals surface area contributed by atoms with Crippen molar-refractivity contribution in [3.8, 4) is 0 Å². The standard InChI is InChI=1S/C11H20BrN5/c1-16(2)11(6-4-5-7-11)9(13)8-10(12)14-15-17(8)3/h9H,4-7,13H2,1-3H3. The summed E-state index contributed by atoms with van der Waals surface area (Å²) in [6, 6.07) is -0.0608. The predicted octanol–water partition coefficient (Wildman–Crippen LogP) is 1.45. The van der Waals surface area contributed by atoms with Gasteiger partial charge in [-0.1, -0.05) is 18.1 Å². The van der Waals surface area contributed by atoms with Crippen LogP contribution in [0.25, 0.3) is 0 Å². The molecule has 1 atom stereocenters. The number of likely N-dealkylation sites (N-methyl/N-ethyl adjacent to an activating group) is 1. The largest absolute Gasteiger partial charge is 0.321 e. The molecule has 1 aliphatic carbocycles. The Bertz CT molecular complexity index is 375. The van der Waals surface area contributed by atoms with Crippen LogP contribution in [-0.2, 0) is 7.05 Å². The van der Waals surface area contributed by atoms with Gasteiger partial charge in [-0.05, 0) is 42.9 Å². The quantitative estimate of drug-likeness (QED) is 0.918. The molecule has 0 saturated heterocycles. The molecule has 0 spiro atoms. The van der Waals surface area contributed by atoms with Gasteiger partial charge in [0.2, 0.25) is 0 Å². The number of rotatable bonds is 3. The van der Waals surface area contributed by atoms with Crippen LogP contribution < -0.4 is 5.73 Å². The Morgan fingerprint density at radius 1 is 1.41 bits per heavy atom. The fraction of sp³-hybridized carbons (Fsp3) is 0.818. The van der Waals surface area contributed by atoms with Crippen LogP contribution >= 0.6 is 15.9 Å². The average molecular weight is 302 g/mol. The molecule has 1 aromatic heterocycles. The number of nitrogens with two attached hydrogens (primary N) is 1. The molecule has 0 aromatic carbocycles. The van der Waals surface area contributed by atoms with E-state index in [1.807, 2.05) is 7.05 Å². The molecule has 1 fully saturated rings. The fourth-order valence-electron chi connectivity index (χ4n) is 2.95. The van der Waals surface area contributed by atoms with E-state index in [1.165, 1.54) is 12.8 Å². The van der Waals surface area contributed by atoms with Gasteiger partial charge >= 0.3 is 0 Å². The summed E-state index contributed by atoms with van der Waals surface area (Å²) in [5.74, 6) is 0. The third kappa shape index (κ3) is 2.02. The van der Waals surface area contributed by atoms with Gasteiger partial charge in [-0.25, -0.2) is 4.68 Å². The highest BCUT2D eigenvalue weighted by molar-refractivity contribution is 9.10. The minimum atomic E-state index is -0.0608. The summed E-state index contributed by atoms with van der Waals surface area (Å²) in [7, 11) is 6.12. The Kier molecular flexibility index (Phi) is 3.56. The SMILES string of the molecule is CN(C)C1(C(N)c2c(Br)nnn2C)CCCC1. The third-order valence-electron chi connectivity index (χ3n) is 4.06. The normalized spacial score (nSPS) is 21.1. The van der Waals surface area contributed by atoms with Crippen molar-refractivity contribution in [3.05, 3.63) is 10.3 Å². The van der Waals surface area contributed by atoms with E-state index >= 15 is 0 Å². The summed E-state index contributed by atoms with van der Waals surface area (Å²) in [5, 5.41) is 8.05. The number of hydrogen-bond donors (Lipinski definition) is 1. The van der Waals surface area contributed by atoms with Crippen LogP contribution in [0.2, 0.25) is 0 Å². The molecular weight excluding hydrogens is 282 g/mol. The van der Waals surface area contributed by atoms with Gasteiger partial charge in [0.05, 0.1) is 11.7 Å². The first-order valence-electron chi connectivity index (χ1n) is 5.97. The second-order valence-corrected chi connectivity index (χ2v) is 5.82. The lowest BCUT2D eigenvalue weighted by Gasteiger charge is -2.41. The maximum Gasteiger partial charge on any atom is 0.153 e. The number of aromatic nitrogens is 3. The fourth-order valence-corrected chi connectivity index (χ4v) is 3.52. The van der Waals surface area contributed by atoms with Crippen LogP contribution in [0.4, 0.5) is 0 Å². The zero-order chi connectivity index (χ0) is 12.6. The Hall–Kier alpha value is -0.460. The molecule has 1 heterocycles. The molecule has 2 rings (SSSR count). The van der Waals surface area contributed by atoms with E-state index in [4.69, 9.17) is 5.73 Å². The minimum absolute atomic E-state index is 0.0397. The van der Waals surface area contributed by atoms with Crippen LogP contribution in [-0.4, -0.2) is 39.5 Å². The van der Waals surface area contributed by atoms with Gasteiger partial charge in [-0.2, -0.15) is 0 Å². The molecular formula is C11H20BrN5. The Balaban J connectivity index is 2.38. The number of halogens is 1.